The van der Waals surface area contributed by atoms with E-state index in [1.807, 2.05) is 6.07 Å². The molecule has 4 heteroatoms. The average Bonchev–Trinajstić information content (AvgIpc) is 3.18. The lowest BCUT2D eigenvalue weighted by Crippen LogP contribution is -2.21. The largest absolute Gasteiger partial charge is 0.384 e. The van der Waals surface area contributed by atoms with Crippen molar-refractivity contribution < 1.29 is 0 Å². The Morgan fingerprint density at radius 3 is 2.67 bits per heavy atom. The van der Waals surface area contributed by atoms with Crippen molar-refractivity contribution >= 4 is 11.6 Å². The van der Waals surface area contributed by atoms with Gasteiger partial charge in [0.1, 0.15) is 17.5 Å². The van der Waals surface area contributed by atoms with Crippen LogP contribution in [-0.4, -0.2) is 16.5 Å². The third-order valence-electron chi connectivity index (χ3n) is 4.44. The number of hydrogen-bond acceptors (Lipinski definition) is 4. The molecule has 2 saturated carbocycles. The number of nitrogen functional groups attached to an aromatic ring is 1. The molecule has 4 nitrogen and oxygen atoms in total. The highest BCUT2D eigenvalue weighted by Gasteiger charge is 2.45. The number of hydrogen-bond donors (Lipinski definition) is 2. The Morgan fingerprint density at radius 2 is 2.11 bits per heavy atom. The number of rotatable bonds is 5. The summed E-state index contributed by atoms with van der Waals surface area (Å²) in [6, 6.07) is 1.85. The van der Waals surface area contributed by atoms with Gasteiger partial charge in [0, 0.05) is 18.5 Å². The first-order chi connectivity index (χ1) is 8.59. The van der Waals surface area contributed by atoms with E-state index in [2.05, 4.69) is 29.1 Å². The van der Waals surface area contributed by atoms with E-state index in [0.29, 0.717) is 17.2 Å². The second kappa shape index (κ2) is 4.11. The summed E-state index contributed by atoms with van der Waals surface area (Å²) >= 11 is 0. The summed E-state index contributed by atoms with van der Waals surface area (Å²) in [4.78, 5) is 8.90. The van der Waals surface area contributed by atoms with Crippen LogP contribution in [0.25, 0.3) is 0 Å². The first-order valence-electron chi connectivity index (χ1n) is 6.97. The first-order valence-corrected chi connectivity index (χ1v) is 6.97. The molecule has 0 radical (unpaired) electrons. The highest BCUT2D eigenvalue weighted by molar-refractivity contribution is 5.45. The molecule has 0 bridgehead atoms. The van der Waals surface area contributed by atoms with E-state index in [-0.39, 0.29) is 0 Å². The van der Waals surface area contributed by atoms with Crippen LogP contribution in [0, 0.1) is 11.3 Å². The summed E-state index contributed by atoms with van der Waals surface area (Å²) in [5.74, 6) is 3.69. The number of nitrogens with two attached hydrogens (primary N) is 1. The maximum atomic E-state index is 5.85. The van der Waals surface area contributed by atoms with Crippen molar-refractivity contribution in [2.24, 2.45) is 11.3 Å². The zero-order valence-electron chi connectivity index (χ0n) is 11.2. The minimum atomic E-state index is 0.486. The molecule has 2 aliphatic carbocycles. The zero-order chi connectivity index (χ0) is 12.8. The smallest absolute Gasteiger partial charge is 0.136 e. The van der Waals surface area contributed by atoms with Crippen molar-refractivity contribution in [2.45, 2.75) is 45.4 Å². The van der Waals surface area contributed by atoms with Crippen LogP contribution < -0.4 is 11.1 Å². The fourth-order valence-electron chi connectivity index (χ4n) is 2.49. The summed E-state index contributed by atoms with van der Waals surface area (Å²) in [7, 11) is 0. The Labute approximate surface area is 108 Å². The molecule has 0 atom stereocenters. The predicted molar refractivity (Wildman–Crippen MR) is 73.4 cm³/mol. The van der Waals surface area contributed by atoms with Gasteiger partial charge in [-0.05, 0) is 37.0 Å². The number of aromatic nitrogens is 2. The molecular formula is C14H22N4. The molecule has 1 aromatic heterocycles. The van der Waals surface area contributed by atoms with Gasteiger partial charge in [0.2, 0.25) is 0 Å². The van der Waals surface area contributed by atoms with Gasteiger partial charge < -0.3 is 11.1 Å². The van der Waals surface area contributed by atoms with Gasteiger partial charge in [0.05, 0.1) is 0 Å². The maximum absolute atomic E-state index is 5.85. The topological polar surface area (TPSA) is 63.8 Å². The lowest BCUT2D eigenvalue weighted by molar-refractivity contribution is 0.380. The van der Waals surface area contributed by atoms with E-state index >= 15 is 0 Å². The van der Waals surface area contributed by atoms with Gasteiger partial charge in [0.25, 0.3) is 0 Å². The maximum Gasteiger partial charge on any atom is 0.136 e. The van der Waals surface area contributed by atoms with Crippen molar-refractivity contribution in [1.29, 1.82) is 0 Å². The molecule has 18 heavy (non-hydrogen) atoms. The Kier molecular flexibility index (Phi) is 2.68. The summed E-state index contributed by atoms with van der Waals surface area (Å²) in [6.07, 6.45) is 5.07. The number of nitrogens with one attached hydrogen (secondary N) is 1. The van der Waals surface area contributed by atoms with Gasteiger partial charge in [-0.2, -0.15) is 0 Å². The highest BCUT2D eigenvalue weighted by Crippen LogP contribution is 2.51. The standard InChI is InChI=1S/C14H22N4/c1-9(2)14(5-6-14)8-16-12-7-11(15)17-13(18-12)10-3-4-10/h7,9-10H,3-6,8H2,1-2H3,(H3,15,16,17,18). The normalized spacial score (nSPS) is 21.1. The zero-order valence-corrected chi connectivity index (χ0v) is 11.2. The van der Waals surface area contributed by atoms with E-state index in [4.69, 9.17) is 5.73 Å². The lowest BCUT2D eigenvalue weighted by atomic mass is 9.92. The lowest BCUT2D eigenvalue weighted by Gasteiger charge is -2.20. The van der Waals surface area contributed by atoms with Crippen molar-refractivity contribution in [3.8, 4) is 0 Å². The molecule has 0 aliphatic heterocycles. The van der Waals surface area contributed by atoms with Crippen LogP contribution in [0.4, 0.5) is 11.6 Å². The fourth-order valence-corrected chi connectivity index (χ4v) is 2.49. The molecule has 0 saturated heterocycles. The van der Waals surface area contributed by atoms with Gasteiger partial charge in [0.15, 0.2) is 0 Å². The van der Waals surface area contributed by atoms with Crippen LogP contribution >= 0.6 is 0 Å². The minimum Gasteiger partial charge on any atom is -0.384 e. The number of nitrogens with zero attached hydrogens (tertiary/aromatic N) is 2. The summed E-state index contributed by atoms with van der Waals surface area (Å²) < 4.78 is 0. The molecule has 3 N–H and O–H groups in total. The third-order valence-corrected chi connectivity index (χ3v) is 4.44. The number of anilines is 2. The van der Waals surface area contributed by atoms with Gasteiger partial charge >= 0.3 is 0 Å². The highest BCUT2D eigenvalue weighted by atomic mass is 15.1. The van der Waals surface area contributed by atoms with Crippen LogP contribution in [0.1, 0.15) is 51.3 Å². The first kappa shape index (κ1) is 11.8. The van der Waals surface area contributed by atoms with Crippen molar-refractivity contribution in [2.75, 3.05) is 17.6 Å². The van der Waals surface area contributed by atoms with E-state index in [1.54, 1.807) is 0 Å². The van der Waals surface area contributed by atoms with Crippen molar-refractivity contribution in [3.05, 3.63) is 11.9 Å². The third kappa shape index (κ3) is 2.28. The Bertz CT molecular complexity index is 447. The van der Waals surface area contributed by atoms with E-state index in [9.17, 15) is 0 Å². The van der Waals surface area contributed by atoms with E-state index in [1.165, 1.54) is 25.7 Å². The molecule has 1 heterocycles. The van der Waals surface area contributed by atoms with Gasteiger partial charge in [-0.15, -0.1) is 0 Å². The molecule has 0 spiro atoms. The van der Waals surface area contributed by atoms with Gasteiger partial charge in [-0.25, -0.2) is 9.97 Å². The fraction of sp³-hybridized carbons (Fsp3) is 0.714. The van der Waals surface area contributed by atoms with Crippen LogP contribution in [0.15, 0.2) is 6.07 Å². The van der Waals surface area contributed by atoms with E-state index in [0.717, 1.165) is 24.1 Å². The molecule has 0 aromatic carbocycles. The Balaban J connectivity index is 1.69. The summed E-state index contributed by atoms with van der Waals surface area (Å²) in [5, 5.41) is 3.46. The van der Waals surface area contributed by atoms with Gasteiger partial charge in [-0.1, -0.05) is 13.8 Å². The van der Waals surface area contributed by atoms with Crippen molar-refractivity contribution in [1.82, 2.24) is 9.97 Å². The van der Waals surface area contributed by atoms with E-state index < -0.39 is 0 Å². The Hall–Kier alpha value is -1.32. The quantitative estimate of drug-likeness (QED) is 0.838. The molecule has 0 unspecified atom stereocenters. The molecule has 2 fully saturated rings. The minimum absolute atomic E-state index is 0.486. The molecule has 1 aromatic rings. The van der Waals surface area contributed by atoms with Crippen molar-refractivity contribution in [3.63, 3.8) is 0 Å². The monoisotopic (exact) mass is 246 g/mol. The van der Waals surface area contributed by atoms with Crippen LogP contribution in [-0.2, 0) is 0 Å². The van der Waals surface area contributed by atoms with Gasteiger partial charge in [-0.3, -0.25) is 0 Å². The second-order valence-corrected chi connectivity index (χ2v) is 6.18. The second-order valence-electron chi connectivity index (χ2n) is 6.18. The van der Waals surface area contributed by atoms with Crippen LogP contribution in [0.3, 0.4) is 0 Å². The molecule has 0 amide bonds. The van der Waals surface area contributed by atoms with Crippen LogP contribution in [0.2, 0.25) is 0 Å². The molecule has 98 valence electrons. The SMILES string of the molecule is CC(C)C1(CNc2cc(N)nc(C3CC3)n2)CC1. The molecule has 2 aliphatic rings. The Morgan fingerprint density at radius 1 is 1.39 bits per heavy atom. The molecule has 3 rings (SSSR count). The average molecular weight is 246 g/mol. The summed E-state index contributed by atoms with van der Waals surface area (Å²) in [6.45, 7) is 5.61. The molecular weight excluding hydrogens is 224 g/mol. The predicted octanol–water partition coefficient (Wildman–Crippen LogP) is 2.78. The summed E-state index contributed by atoms with van der Waals surface area (Å²) in [5.41, 5.74) is 6.33. The van der Waals surface area contributed by atoms with Crippen LogP contribution in [0.5, 0.6) is 0 Å².